The van der Waals surface area contributed by atoms with E-state index in [0.717, 1.165) is 12.3 Å². The fourth-order valence-corrected chi connectivity index (χ4v) is 3.21. The Bertz CT molecular complexity index is 908. The minimum Gasteiger partial charge on any atom is -0.384 e. The molecule has 0 atom stereocenters. The predicted octanol–water partition coefficient (Wildman–Crippen LogP) is 2.43. The maximum Gasteiger partial charge on any atom is 0.417 e. The predicted molar refractivity (Wildman–Crippen MR) is 94.9 cm³/mol. The van der Waals surface area contributed by atoms with Crippen molar-refractivity contribution in [2.24, 2.45) is 0 Å². The summed E-state index contributed by atoms with van der Waals surface area (Å²) >= 11 is 0. The molecular weight excluding hydrogens is 399 g/mol. The standard InChI is InChI=1S/C17H17F5N6O/c18-16(19)8-28(9-16)14-6-12(25-15(26-14)27-1-3-29-4-2-27)10-7-24-13(23)5-11(10)17(20,21)22/h5-7H,1-4,8-9H2,(H2,23,24). The molecule has 12 heteroatoms. The van der Waals surface area contributed by atoms with E-state index in [1.54, 1.807) is 4.90 Å². The summed E-state index contributed by atoms with van der Waals surface area (Å²) < 4.78 is 72.6. The van der Waals surface area contributed by atoms with E-state index in [9.17, 15) is 22.0 Å². The number of nitrogen functional groups attached to an aromatic ring is 1. The normalized spacial score (nSPS) is 19.2. The van der Waals surface area contributed by atoms with E-state index in [1.807, 2.05) is 0 Å². The maximum absolute atomic E-state index is 13.5. The molecule has 0 aromatic carbocycles. The molecule has 0 unspecified atom stereocenters. The van der Waals surface area contributed by atoms with Crippen molar-refractivity contribution in [2.75, 3.05) is 54.9 Å². The first-order valence-corrected chi connectivity index (χ1v) is 8.80. The second kappa shape index (κ2) is 6.94. The minimum absolute atomic E-state index is 0.0634. The third-order valence-corrected chi connectivity index (χ3v) is 4.67. The maximum atomic E-state index is 13.5. The quantitative estimate of drug-likeness (QED) is 0.770. The molecule has 2 aliphatic rings. The van der Waals surface area contributed by atoms with Gasteiger partial charge in [0.25, 0.3) is 5.92 Å². The molecule has 0 bridgehead atoms. The molecule has 2 aromatic heterocycles. The van der Waals surface area contributed by atoms with Crippen molar-refractivity contribution in [3.05, 3.63) is 23.9 Å². The van der Waals surface area contributed by atoms with Crippen LogP contribution in [0.3, 0.4) is 0 Å². The molecule has 2 N–H and O–H groups in total. The fraction of sp³-hybridized carbons (Fsp3) is 0.471. The Morgan fingerprint density at radius 1 is 1.03 bits per heavy atom. The van der Waals surface area contributed by atoms with Crippen molar-refractivity contribution in [3.8, 4) is 11.3 Å². The number of nitrogens with two attached hydrogens (primary N) is 1. The number of rotatable bonds is 3. The van der Waals surface area contributed by atoms with Crippen molar-refractivity contribution in [1.82, 2.24) is 15.0 Å². The number of ether oxygens (including phenoxy) is 1. The van der Waals surface area contributed by atoms with Gasteiger partial charge in [0.15, 0.2) is 0 Å². The summed E-state index contributed by atoms with van der Waals surface area (Å²) in [6.07, 6.45) is -3.71. The first-order chi connectivity index (χ1) is 13.6. The number of alkyl halides is 5. The molecule has 2 saturated heterocycles. The lowest BCUT2D eigenvalue weighted by Crippen LogP contribution is -2.56. The van der Waals surface area contributed by atoms with E-state index in [-0.39, 0.29) is 28.8 Å². The van der Waals surface area contributed by atoms with Crippen LogP contribution in [0, 0.1) is 0 Å². The van der Waals surface area contributed by atoms with Crippen molar-refractivity contribution in [3.63, 3.8) is 0 Å². The largest absolute Gasteiger partial charge is 0.417 e. The molecule has 0 aliphatic carbocycles. The van der Waals surface area contributed by atoms with Crippen LogP contribution in [0.15, 0.2) is 18.3 Å². The summed E-state index contributed by atoms with van der Waals surface area (Å²) in [7, 11) is 0. The van der Waals surface area contributed by atoms with Gasteiger partial charge in [0.05, 0.1) is 37.6 Å². The van der Waals surface area contributed by atoms with Gasteiger partial charge in [0.1, 0.15) is 11.6 Å². The first kappa shape index (κ1) is 19.6. The third kappa shape index (κ3) is 4.02. The summed E-state index contributed by atoms with van der Waals surface area (Å²) in [6.45, 7) is 0.566. The average Bonchev–Trinajstić information content (AvgIpc) is 2.65. The Morgan fingerprint density at radius 3 is 2.34 bits per heavy atom. The van der Waals surface area contributed by atoms with E-state index in [4.69, 9.17) is 10.5 Å². The molecule has 0 radical (unpaired) electrons. The number of halogens is 5. The number of hydrogen-bond donors (Lipinski definition) is 1. The molecule has 29 heavy (non-hydrogen) atoms. The van der Waals surface area contributed by atoms with Gasteiger partial charge in [-0.2, -0.15) is 18.2 Å². The van der Waals surface area contributed by atoms with Gasteiger partial charge in [-0.3, -0.25) is 0 Å². The van der Waals surface area contributed by atoms with Crippen LogP contribution < -0.4 is 15.5 Å². The van der Waals surface area contributed by atoms with Crippen LogP contribution in [0.2, 0.25) is 0 Å². The van der Waals surface area contributed by atoms with Crippen LogP contribution in [-0.2, 0) is 10.9 Å². The Kier molecular flexibility index (Phi) is 4.68. The Balaban J connectivity index is 1.81. The van der Waals surface area contributed by atoms with Gasteiger partial charge >= 0.3 is 6.18 Å². The van der Waals surface area contributed by atoms with E-state index in [1.165, 1.54) is 11.0 Å². The highest BCUT2D eigenvalue weighted by molar-refractivity contribution is 5.70. The van der Waals surface area contributed by atoms with Gasteiger partial charge in [0.2, 0.25) is 5.95 Å². The molecule has 2 fully saturated rings. The fourth-order valence-electron chi connectivity index (χ4n) is 3.21. The first-order valence-electron chi connectivity index (χ1n) is 8.80. The number of pyridine rings is 1. The molecule has 0 saturated carbocycles. The molecule has 0 spiro atoms. The van der Waals surface area contributed by atoms with Crippen LogP contribution in [0.5, 0.6) is 0 Å². The van der Waals surface area contributed by atoms with E-state index in [0.29, 0.717) is 26.3 Å². The van der Waals surface area contributed by atoms with Gasteiger partial charge in [-0.15, -0.1) is 0 Å². The molecule has 4 heterocycles. The lowest BCUT2D eigenvalue weighted by Gasteiger charge is -2.40. The van der Waals surface area contributed by atoms with Crippen LogP contribution in [0.25, 0.3) is 11.3 Å². The van der Waals surface area contributed by atoms with Gasteiger partial charge < -0.3 is 20.3 Å². The molecule has 7 nitrogen and oxygen atoms in total. The molecule has 156 valence electrons. The topological polar surface area (TPSA) is 80.4 Å². The molecule has 4 rings (SSSR count). The van der Waals surface area contributed by atoms with Gasteiger partial charge in [-0.25, -0.2) is 18.7 Å². The highest BCUT2D eigenvalue weighted by Gasteiger charge is 2.45. The highest BCUT2D eigenvalue weighted by atomic mass is 19.4. The van der Waals surface area contributed by atoms with E-state index >= 15 is 0 Å². The summed E-state index contributed by atoms with van der Waals surface area (Å²) in [5, 5.41) is 0. The second-order valence-electron chi connectivity index (χ2n) is 6.88. The summed E-state index contributed by atoms with van der Waals surface area (Å²) in [5.74, 6) is -2.86. The number of morpholine rings is 1. The summed E-state index contributed by atoms with van der Waals surface area (Å²) in [4.78, 5) is 15.4. The zero-order valence-corrected chi connectivity index (χ0v) is 15.1. The van der Waals surface area contributed by atoms with Gasteiger partial charge in [-0.1, -0.05) is 0 Å². The van der Waals surface area contributed by atoms with Crippen LogP contribution >= 0.6 is 0 Å². The Hall–Kier alpha value is -2.76. The SMILES string of the molecule is Nc1cc(C(F)(F)F)c(-c2cc(N3CC(F)(F)C3)nc(N3CCOCC3)n2)cn1. The zero-order valence-electron chi connectivity index (χ0n) is 15.1. The molecule has 2 aromatic rings. The monoisotopic (exact) mass is 416 g/mol. The second-order valence-corrected chi connectivity index (χ2v) is 6.88. The number of anilines is 3. The number of nitrogens with zero attached hydrogens (tertiary/aromatic N) is 5. The molecule has 0 amide bonds. The van der Waals surface area contributed by atoms with Gasteiger partial charge in [0, 0.05) is 30.9 Å². The molecular formula is C17H17F5N6O. The smallest absolute Gasteiger partial charge is 0.384 e. The third-order valence-electron chi connectivity index (χ3n) is 4.67. The van der Waals surface area contributed by atoms with Crippen LogP contribution in [-0.4, -0.2) is 60.3 Å². The van der Waals surface area contributed by atoms with Gasteiger partial charge in [-0.05, 0) is 6.07 Å². The lowest BCUT2D eigenvalue weighted by atomic mass is 10.1. The van der Waals surface area contributed by atoms with Crippen molar-refractivity contribution < 1.29 is 26.7 Å². The molecule has 2 aliphatic heterocycles. The summed E-state index contributed by atoms with van der Waals surface area (Å²) in [5.41, 5.74) is 4.07. The van der Waals surface area contributed by atoms with Crippen LogP contribution in [0.1, 0.15) is 5.56 Å². The average molecular weight is 416 g/mol. The number of aromatic nitrogens is 3. The van der Waals surface area contributed by atoms with Crippen molar-refractivity contribution >= 4 is 17.6 Å². The van der Waals surface area contributed by atoms with Crippen molar-refractivity contribution in [1.29, 1.82) is 0 Å². The van der Waals surface area contributed by atoms with E-state index < -0.39 is 30.8 Å². The lowest BCUT2D eigenvalue weighted by molar-refractivity contribution is -0.137. The number of hydrogen-bond acceptors (Lipinski definition) is 7. The minimum atomic E-state index is -4.69. The van der Waals surface area contributed by atoms with Crippen molar-refractivity contribution in [2.45, 2.75) is 12.1 Å². The van der Waals surface area contributed by atoms with E-state index in [2.05, 4.69) is 15.0 Å². The summed E-state index contributed by atoms with van der Waals surface area (Å²) in [6, 6.07) is 1.99. The Morgan fingerprint density at radius 2 is 1.72 bits per heavy atom. The highest BCUT2D eigenvalue weighted by Crippen LogP contribution is 2.39. The Labute approximate surface area is 162 Å². The van der Waals surface area contributed by atoms with Crippen LogP contribution in [0.4, 0.5) is 39.5 Å². The zero-order chi connectivity index (χ0) is 20.8.